The molecule has 150 valence electrons. The molecule has 0 radical (unpaired) electrons. The highest BCUT2D eigenvalue weighted by Gasteiger charge is 2.21. The Hall–Kier alpha value is -2.89. The lowest BCUT2D eigenvalue weighted by Gasteiger charge is -2.36. The van der Waals surface area contributed by atoms with Gasteiger partial charge in [-0.3, -0.25) is 4.79 Å². The molecule has 0 aliphatic carbocycles. The summed E-state index contributed by atoms with van der Waals surface area (Å²) in [6, 6.07) is 15.8. The molecule has 6 nitrogen and oxygen atoms in total. The highest BCUT2D eigenvalue weighted by atomic mass is 16.5. The predicted molar refractivity (Wildman–Crippen MR) is 112 cm³/mol. The number of anilines is 2. The minimum Gasteiger partial charge on any atom is -0.497 e. The fraction of sp³-hybridized carbons (Fsp3) is 0.409. The lowest BCUT2D eigenvalue weighted by Crippen LogP contribution is -2.50. The molecule has 3 rings (SSSR count). The van der Waals surface area contributed by atoms with Gasteiger partial charge in [-0.1, -0.05) is 0 Å². The number of piperazine rings is 1. The van der Waals surface area contributed by atoms with Gasteiger partial charge in [-0.2, -0.15) is 0 Å². The average molecular weight is 383 g/mol. The van der Waals surface area contributed by atoms with Crippen molar-refractivity contribution >= 4 is 17.3 Å². The van der Waals surface area contributed by atoms with Gasteiger partial charge in [0.25, 0.3) is 0 Å². The average Bonchev–Trinajstić information content (AvgIpc) is 2.73. The third-order valence-corrected chi connectivity index (χ3v) is 4.74. The highest BCUT2D eigenvalue weighted by Crippen LogP contribution is 2.21. The normalized spacial score (nSPS) is 14.1. The summed E-state index contributed by atoms with van der Waals surface area (Å²) >= 11 is 0. The van der Waals surface area contributed by atoms with Crippen LogP contribution < -0.4 is 19.7 Å². The molecule has 0 bridgehead atoms. The van der Waals surface area contributed by atoms with Crippen LogP contribution in [0.2, 0.25) is 0 Å². The summed E-state index contributed by atoms with van der Waals surface area (Å²) in [6.07, 6.45) is 0.150. The van der Waals surface area contributed by atoms with E-state index in [1.165, 1.54) is 0 Å². The standard InChI is InChI=1S/C22H29N3O3/c1-17(2)28-21-8-4-18(5-9-21)23-16-22(26)25-14-12-24(13-15-25)19-6-10-20(27-3)11-7-19/h4-11,17,23H,12-16H2,1-3H3. The van der Waals surface area contributed by atoms with E-state index >= 15 is 0 Å². The van der Waals surface area contributed by atoms with Gasteiger partial charge in [0.15, 0.2) is 0 Å². The van der Waals surface area contributed by atoms with E-state index in [-0.39, 0.29) is 12.0 Å². The number of methoxy groups -OCH3 is 1. The zero-order chi connectivity index (χ0) is 19.9. The molecule has 0 unspecified atom stereocenters. The summed E-state index contributed by atoms with van der Waals surface area (Å²) in [5.41, 5.74) is 2.08. The molecule has 1 saturated heterocycles. The number of ether oxygens (including phenoxy) is 2. The summed E-state index contributed by atoms with van der Waals surface area (Å²) in [4.78, 5) is 16.7. The first-order chi connectivity index (χ1) is 13.5. The minimum atomic E-state index is 0.122. The number of hydrogen-bond donors (Lipinski definition) is 1. The van der Waals surface area contributed by atoms with Gasteiger partial charge in [0, 0.05) is 37.6 Å². The summed E-state index contributed by atoms with van der Waals surface area (Å²) in [5, 5.41) is 3.20. The van der Waals surface area contributed by atoms with E-state index in [4.69, 9.17) is 9.47 Å². The topological polar surface area (TPSA) is 54.0 Å². The Morgan fingerprint density at radius 3 is 2.14 bits per heavy atom. The van der Waals surface area contributed by atoms with Crippen LogP contribution in [0.15, 0.2) is 48.5 Å². The predicted octanol–water partition coefficient (Wildman–Crippen LogP) is 3.24. The Morgan fingerprint density at radius 1 is 0.964 bits per heavy atom. The summed E-state index contributed by atoms with van der Waals surface area (Å²) in [6.45, 7) is 7.42. The number of benzene rings is 2. The zero-order valence-corrected chi connectivity index (χ0v) is 16.9. The Kier molecular flexibility index (Phi) is 6.63. The maximum atomic E-state index is 12.5. The smallest absolute Gasteiger partial charge is 0.241 e. The number of nitrogens with one attached hydrogen (secondary N) is 1. The van der Waals surface area contributed by atoms with Crippen molar-refractivity contribution in [3.63, 3.8) is 0 Å². The first kappa shape index (κ1) is 19.9. The van der Waals surface area contributed by atoms with E-state index < -0.39 is 0 Å². The van der Waals surface area contributed by atoms with E-state index in [2.05, 4.69) is 22.3 Å². The lowest BCUT2D eigenvalue weighted by atomic mass is 10.2. The van der Waals surface area contributed by atoms with Crippen molar-refractivity contribution in [1.29, 1.82) is 0 Å². The van der Waals surface area contributed by atoms with Crippen LogP contribution in [0, 0.1) is 0 Å². The van der Waals surface area contributed by atoms with Crippen molar-refractivity contribution < 1.29 is 14.3 Å². The molecular formula is C22H29N3O3. The third kappa shape index (κ3) is 5.31. The van der Waals surface area contributed by atoms with Gasteiger partial charge >= 0.3 is 0 Å². The van der Waals surface area contributed by atoms with Gasteiger partial charge < -0.3 is 24.6 Å². The Bertz CT molecular complexity index is 752. The number of amides is 1. The van der Waals surface area contributed by atoms with Gasteiger partial charge in [0.1, 0.15) is 11.5 Å². The van der Waals surface area contributed by atoms with Crippen LogP contribution in [0.4, 0.5) is 11.4 Å². The fourth-order valence-corrected chi connectivity index (χ4v) is 3.22. The Labute approximate surface area is 167 Å². The van der Waals surface area contributed by atoms with Crippen LogP contribution >= 0.6 is 0 Å². The second-order valence-electron chi connectivity index (χ2n) is 7.11. The quantitative estimate of drug-likeness (QED) is 0.795. The molecule has 0 saturated carbocycles. The van der Waals surface area contributed by atoms with Crippen LogP contribution in [-0.2, 0) is 4.79 Å². The van der Waals surface area contributed by atoms with Crippen LogP contribution in [0.5, 0.6) is 11.5 Å². The van der Waals surface area contributed by atoms with Gasteiger partial charge in [-0.25, -0.2) is 0 Å². The van der Waals surface area contributed by atoms with E-state index in [0.717, 1.165) is 49.1 Å². The van der Waals surface area contributed by atoms with Crippen LogP contribution in [0.25, 0.3) is 0 Å². The molecule has 6 heteroatoms. The first-order valence-corrected chi connectivity index (χ1v) is 9.72. The van der Waals surface area contributed by atoms with Crippen molar-refractivity contribution in [2.45, 2.75) is 20.0 Å². The molecule has 1 fully saturated rings. The number of carbonyl (C=O) groups is 1. The molecule has 0 atom stereocenters. The number of nitrogens with zero attached hydrogens (tertiary/aromatic N) is 2. The van der Waals surface area contributed by atoms with E-state index in [0.29, 0.717) is 6.54 Å². The Balaban J connectivity index is 1.44. The van der Waals surface area contributed by atoms with Crippen molar-refractivity contribution in [3.05, 3.63) is 48.5 Å². The zero-order valence-electron chi connectivity index (χ0n) is 16.9. The van der Waals surface area contributed by atoms with Crippen LogP contribution in [0.3, 0.4) is 0 Å². The van der Waals surface area contributed by atoms with E-state index in [1.54, 1.807) is 7.11 Å². The van der Waals surface area contributed by atoms with Gasteiger partial charge in [-0.05, 0) is 62.4 Å². The van der Waals surface area contributed by atoms with Crippen molar-refractivity contribution in [3.8, 4) is 11.5 Å². The minimum absolute atomic E-state index is 0.122. The third-order valence-electron chi connectivity index (χ3n) is 4.74. The molecule has 2 aromatic rings. The molecule has 1 N–H and O–H groups in total. The van der Waals surface area contributed by atoms with Gasteiger partial charge in [0.05, 0.1) is 19.8 Å². The first-order valence-electron chi connectivity index (χ1n) is 9.72. The van der Waals surface area contributed by atoms with Crippen molar-refractivity contribution in [1.82, 2.24) is 4.90 Å². The molecule has 2 aromatic carbocycles. The van der Waals surface area contributed by atoms with Crippen LogP contribution in [0.1, 0.15) is 13.8 Å². The molecule has 1 heterocycles. The maximum absolute atomic E-state index is 12.5. The monoisotopic (exact) mass is 383 g/mol. The number of hydrogen-bond acceptors (Lipinski definition) is 5. The Morgan fingerprint density at radius 2 is 1.57 bits per heavy atom. The second kappa shape index (κ2) is 9.35. The summed E-state index contributed by atoms with van der Waals surface area (Å²) in [5.74, 6) is 1.81. The molecule has 28 heavy (non-hydrogen) atoms. The number of carbonyl (C=O) groups excluding carboxylic acids is 1. The summed E-state index contributed by atoms with van der Waals surface area (Å²) in [7, 11) is 1.67. The largest absolute Gasteiger partial charge is 0.497 e. The van der Waals surface area contributed by atoms with E-state index in [9.17, 15) is 4.79 Å². The molecular weight excluding hydrogens is 354 g/mol. The van der Waals surface area contributed by atoms with Crippen molar-refractivity contribution in [2.75, 3.05) is 50.1 Å². The van der Waals surface area contributed by atoms with Gasteiger partial charge in [-0.15, -0.1) is 0 Å². The highest BCUT2D eigenvalue weighted by molar-refractivity contribution is 5.81. The molecule has 0 spiro atoms. The fourth-order valence-electron chi connectivity index (χ4n) is 3.22. The number of rotatable bonds is 7. The molecule has 1 amide bonds. The molecule has 0 aromatic heterocycles. The van der Waals surface area contributed by atoms with Gasteiger partial charge in [0.2, 0.25) is 5.91 Å². The second-order valence-corrected chi connectivity index (χ2v) is 7.11. The SMILES string of the molecule is COc1ccc(N2CCN(C(=O)CNc3ccc(OC(C)C)cc3)CC2)cc1. The summed E-state index contributed by atoms with van der Waals surface area (Å²) < 4.78 is 10.8. The molecule has 1 aliphatic rings. The van der Waals surface area contributed by atoms with Crippen LogP contribution in [-0.4, -0.2) is 56.7 Å². The maximum Gasteiger partial charge on any atom is 0.241 e. The lowest BCUT2D eigenvalue weighted by molar-refractivity contribution is -0.129. The van der Waals surface area contributed by atoms with Crippen molar-refractivity contribution in [2.24, 2.45) is 0 Å². The molecule has 1 aliphatic heterocycles. The van der Waals surface area contributed by atoms with E-state index in [1.807, 2.05) is 55.1 Å².